The number of hydrogen-bond acceptors (Lipinski definition) is 6. The number of thiazole rings is 1. The molecule has 1 heterocycles. The number of nitrogens with zero attached hydrogens (tertiary/aromatic N) is 2. The van der Waals surface area contributed by atoms with Gasteiger partial charge in [0.25, 0.3) is 5.91 Å². The first-order valence-electron chi connectivity index (χ1n) is 8.48. The molecule has 0 aliphatic carbocycles. The largest absolute Gasteiger partial charge is 0.504 e. The van der Waals surface area contributed by atoms with E-state index >= 15 is 0 Å². The van der Waals surface area contributed by atoms with Crippen molar-refractivity contribution in [3.05, 3.63) is 76.1 Å². The highest BCUT2D eigenvalue weighted by Gasteiger charge is 2.13. The van der Waals surface area contributed by atoms with Gasteiger partial charge in [0.15, 0.2) is 16.6 Å². The Balaban J connectivity index is 1.71. The molecular weight excluding hydrogens is 393 g/mol. The van der Waals surface area contributed by atoms with E-state index in [1.54, 1.807) is 24.4 Å². The van der Waals surface area contributed by atoms with E-state index < -0.39 is 5.91 Å². The predicted molar refractivity (Wildman–Crippen MR) is 108 cm³/mol. The zero-order chi connectivity index (χ0) is 20.8. The van der Waals surface area contributed by atoms with Gasteiger partial charge in [0.1, 0.15) is 17.5 Å². The first-order valence-corrected chi connectivity index (χ1v) is 9.29. The zero-order valence-corrected chi connectivity index (χ0v) is 16.2. The number of rotatable bonds is 6. The molecule has 0 atom stereocenters. The van der Waals surface area contributed by atoms with E-state index in [-0.39, 0.29) is 22.9 Å². The number of anilines is 1. The van der Waals surface area contributed by atoms with Crippen LogP contribution in [0.5, 0.6) is 11.5 Å². The number of carbonyl (C=O) groups is 1. The maximum absolute atomic E-state index is 13.0. The van der Waals surface area contributed by atoms with Crippen LogP contribution in [0.3, 0.4) is 0 Å². The van der Waals surface area contributed by atoms with Gasteiger partial charge in [0.2, 0.25) is 0 Å². The number of carbonyl (C=O) groups excluding carboxylic acids is 1. The van der Waals surface area contributed by atoms with Gasteiger partial charge in [-0.05, 0) is 41.5 Å². The highest BCUT2D eigenvalue weighted by atomic mass is 32.1. The maximum Gasteiger partial charge on any atom is 0.268 e. The molecule has 2 N–H and O–H groups in total. The molecule has 0 saturated carbocycles. The number of nitriles is 1. The highest BCUT2D eigenvalue weighted by Crippen LogP contribution is 2.27. The van der Waals surface area contributed by atoms with E-state index in [4.69, 9.17) is 4.74 Å². The van der Waals surface area contributed by atoms with Crippen LogP contribution >= 0.6 is 11.3 Å². The molecule has 29 heavy (non-hydrogen) atoms. The minimum Gasteiger partial charge on any atom is -0.504 e. The second-order valence-corrected chi connectivity index (χ2v) is 7.11. The number of methoxy groups -OCH3 is 1. The first-order chi connectivity index (χ1) is 14.0. The Morgan fingerprint density at radius 2 is 2.10 bits per heavy atom. The molecule has 3 rings (SSSR count). The smallest absolute Gasteiger partial charge is 0.268 e. The topological polar surface area (TPSA) is 95.2 Å². The van der Waals surface area contributed by atoms with E-state index in [9.17, 15) is 19.6 Å². The number of amides is 1. The minimum absolute atomic E-state index is 0.0379. The molecule has 0 radical (unpaired) electrons. The summed E-state index contributed by atoms with van der Waals surface area (Å²) >= 11 is 1.28. The summed E-state index contributed by atoms with van der Waals surface area (Å²) in [5.74, 6) is -0.693. The molecule has 0 bridgehead atoms. The fraction of sp³-hybridized carbons (Fsp3) is 0.0952. The molecule has 8 heteroatoms. The van der Waals surface area contributed by atoms with Crippen molar-refractivity contribution in [1.82, 2.24) is 4.98 Å². The number of benzene rings is 2. The quantitative estimate of drug-likeness (QED) is 0.471. The molecule has 146 valence electrons. The summed E-state index contributed by atoms with van der Waals surface area (Å²) in [5.41, 5.74) is 1.34. The summed E-state index contributed by atoms with van der Waals surface area (Å²) in [7, 11) is 1.41. The summed E-state index contributed by atoms with van der Waals surface area (Å²) in [5, 5.41) is 21.9. The Morgan fingerprint density at radius 1 is 1.34 bits per heavy atom. The summed E-state index contributed by atoms with van der Waals surface area (Å²) < 4.78 is 18.0. The van der Waals surface area contributed by atoms with E-state index in [0.29, 0.717) is 17.1 Å². The molecule has 3 aromatic rings. The first kappa shape index (κ1) is 20.0. The lowest BCUT2D eigenvalue weighted by atomic mass is 10.1. The molecular formula is C21H16FN3O3S. The third-order valence-electron chi connectivity index (χ3n) is 3.95. The van der Waals surface area contributed by atoms with Crippen LogP contribution in [0.4, 0.5) is 9.52 Å². The van der Waals surface area contributed by atoms with Crippen molar-refractivity contribution in [3.8, 4) is 17.6 Å². The fourth-order valence-electron chi connectivity index (χ4n) is 2.51. The number of halogens is 1. The van der Waals surface area contributed by atoms with E-state index in [1.165, 1.54) is 48.8 Å². The standard InChI is InChI=1S/C21H16FN3O3S/c1-28-19-10-14(4-7-18(19)26)8-15(11-23)20(27)25-21-24-12-17(29-21)9-13-2-5-16(22)6-3-13/h2-8,10,12,26H,9H2,1H3,(H,24,25,27)/b15-8-. The van der Waals surface area contributed by atoms with Crippen molar-refractivity contribution in [2.75, 3.05) is 12.4 Å². The summed E-state index contributed by atoms with van der Waals surface area (Å²) in [4.78, 5) is 17.5. The summed E-state index contributed by atoms with van der Waals surface area (Å²) in [6.07, 6.45) is 3.58. The van der Waals surface area contributed by atoms with Crippen molar-refractivity contribution >= 4 is 28.5 Å². The van der Waals surface area contributed by atoms with Gasteiger partial charge >= 0.3 is 0 Å². The van der Waals surface area contributed by atoms with Gasteiger partial charge in [-0.25, -0.2) is 9.37 Å². The fourth-order valence-corrected chi connectivity index (χ4v) is 3.36. The molecule has 0 saturated heterocycles. The molecule has 0 spiro atoms. The van der Waals surface area contributed by atoms with Crippen molar-refractivity contribution in [2.24, 2.45) is 0 Å². The molecule has 0 fully saturated rings. The van der Waals surface area contributed by atoms with E-state index in [2.05, 4.69) is 10.3 Å². The highest BCUT2D eigenvalue weighted by molar-refractivity contribution is 7.15. The molecule has 1 aromatic heterocycles. The van der Waals surface area contributed by atoms with Crippen LogP contribution in [0.25, 0.3) is 6.08 Å². The number of aromatic nitrogens is 1. The second kappa shape index (κ2) is 8.99. The van der Waals surface area contributed by atoms with Gasteiger partial charge in [-0.1, -0.05) is 18.2 Å². The number of aromatic hydroxyl groups is 1. The Bertz CT molecular complexity index is 1100. The van der Waals surface area contributed by atoms with E-state index in [0.717, 1.165) is 10.4 Å². The van der Waals surface area contributed by atoms with Crippen LogP contribution in [-0.4, -0.2) is 23.1 Å². The summed E-state index contributed by atoms with van der Waals surface area (Å²) in [6, 6.07) is 12.5. The third-order valence-corrected chi connectivity index (χ3v) is 4.86. The lowest BCUT2D eigenvalue weighted by Gasteiger charge is -2.04. The van der Waals surface area contributed by atoms with Crippen LogP contribution in [0.2, 0.25) is 0 Å². The molecule has 2 aromatic carbocycles. The third kappa shape index (κ3) is 5.18. The van der Waals surface area contributed by atoms with Crippen molar-refractivity contribution in [3.63, 3.8) is 0 Å². The Morgan fingerprint density at radius 3 is 2.79 bits per heavy atom. The molecule has 0 aliphatic rings. The van der Waals surface area contributed by atoms with Gasteiger partial charge in [-0.3, -0.25) is 10.1 Å². The monoisotopic (exact) mass is 409 g/mol. The lowest BCUT2D eigenvalue weighted by Crippen LogP contribution is -2.13. The predicted octanol–water partition coefficient (Wildman–Crippen LogP) is 4.13. The van der Waals surface area contributed by atoms with Crippen molar-refractivity contribution in [2.45, 2.75) is 6.42 Å². The van der Waals surface area contributed by atoms with E-state index in [1.807, 2.05) is 6.07 Å². The van der Waals surface area contributed by atoms with Gasteiger partial charge in [0.05, 0.1) is 7.11 Å². The number of phenols is 1. The number of nitrogens with one attached hydrogen (secondary N) is 1. The minimum atomic E-state index is -0.595. The van der Waals surface area contributed by atoms with Gasteiger partial charge in [0, 0.05) is 17.5 Å². The molecule has 0 unspecified atom stereocenters. The lowest BCUT2D eigenvalue weighted by molar-refractivity contribution is -0.112. The normalized spacial score (nSPS) is 11.0. The Kier molecular flexibility index (Phi) is 6.22. The number of hydrogen-bond donors (Lipinski definition) is 2. The molecule has 1 amide bonds. The van der Waals surface area contributed by atoms with Crippen molar-refractivity contribution < 1.29 is 19.0 Å². The number of ether oxygens (including phenoxy) is 1. The van der Waals surface area contributed by atoms with Crippen molar-refractivity contribution in [1.29, 1.82) is 5.26 Å². The Labute approximate surface area is 170 Å². The van der Waals surface area contributed by atoms with Gasteiger partial charge < -0.3 is 9.84 Å². The molecule has 6 nitrogen and oxygen atoms in total. The van der Waals surface area contributed by atoms with Crippen LogP contribution in [-0.2, 0) is 11.2 Å². The zero-order valence-electron chi connectivity index (χ0n) is 15.3. The van der Waals surface area contributed by atoms with Crippen LogP contribution in [0, 0.1) is 17.1 Å². The second-order valence-electron chi connectivity index (χ2n) is 5.99. The molecule has 0 aliphatic heterocycles. The van der Waals surface area contributed by atoms with Gasteiger partial charge in [-0.2, -0.15) is 5.26 Å². The summed E-state index contributed by atoms with van der Waals surface area (Å²) in [6.45, 7) is 0. The average Bonchev–Trinajstić information content (AvgIpc) is 3.15. The maximum atomic E-state index is 13.0. The van der Waals surface area contributed by atoms with Crippen LogP contribution in [0.15, 0.2) is 54.2 Å². The van der Waals surface area contributed by atoms with Gasteiger partial charge in [-0.15, -0.1) is 11.3 Å². The van der Waals surface area contributed by atoms with Crippen LogP contribution in [0.1, 0.15) is 16.0 Å². The average molecular weight is 409 g/mol. The Hall–Kier alpha value is -3.70. The van der Waals surface area contributed by atoms with Crippen LogP contribution < -0.4 is 10.1 Å². The number of phenolic OH excluding ortho intramolecular Hbond substituents is 1. The SMILES string of the molecule is COc1cc(/C=C(/C#N)C(=O)Nc2ncc(Cc3ccc(F)cc3)s2)ccc1O.